The van der Waals surface area contributed by atoms with Crippen LogP contribution in [0.2, 0.25) is 0 Å². The molecule has 0 saturated carbocycles. The van der Waals surface area contributed by atoms with E-state index in [0.717, 1.165) is 16.3 Å². The topological polar surface area (TPSA) is 30.7 Å². The molecule has 14 heavy (non-hydrogen) atoms. The van der Waals surface area contributed by atoms with E-state index in [1.807, 2.05) is 6.92 Å². The Morgan fingerprint density at radius 3 is 2.43 bits per heavy atom. The van der Waals surface area contributed by atoms with E-state index in [4.69, 9.17) is 0 Å². The Kier molecular flexibility index (Phi) is 3.41. The average molecular weight is 225 g/mol. The molecule has 1 aromatic rings. The second kappa shape index (κ2) is 4.20. The van der Waals surface area contributed by atoms with Crippen molar-refractivity contribution in [3.05, 3.63) is 5.82 Å². The molecule has 0 aromatic carbocycles. The molecule has 0 N–H and O–H groups in total. The van der Waals surface area contributed by atoms with Crippen molar-refractivity contribution >= 4 is 11.8 Å². The number of halogens is 3. The molecule has 1 heterocycles. The van der Waals surface area contributed by atoms with Gasteiger partial charge in [-0.3, -0.25) is 4.57 Å². The number of rotatable bonds is 3. The fraction of sp³-hybridized carbons (Fsp3) is 0.714. The fourth-order valence-corrected chi connectivity index (χ4v) is 1.60. The second-order valence-electron chi connectivity index (χ2n) is 2.66. The maximum Gasteiger partial charge on any atom is 0.451 e. The molecule has 3 nitrogen and oxygen atoms in total. The first-order valence-corrected chi connectivity index (χ1v) is 5.27. The highest BCUT2D eigenvalue weighted by molar-refractivity contribution is 7.98. The van der Waals surface area contributed by atoms with Gasteiger partial charge in [-0.1, -0.05) is 18.7 Å². The zero-order chi connectivity index (χ0) is 10.8. The van der Waals surface area contributed by atoms with Crippen LogP contribution in [0.15, 0.2) is 5.16 Å². The minimum atomic E-state index is -4.42. The molecule has 0 aliphatic rings. The molecule has 0 saturated heterocycles. The normalized spacial score (nSPS) is 12.1. The SMILES string of the molecule is CCCn1c(SC)nnc1C(F)(F)F. The summed E-state index contributed by atoms with van der Waals surface area (Å²) in [7, 11) is 0. The summed E-state index contributed by atoms with van der Waals surface area (Å²) in [5.41, 5.74) is 0. The minimum Gasteiger partial charge on any atom is -0.298 e. The fourth-order valence-electron chi connectivity index (χ4n) is 1.07. The van der Waals surface area contributed by atoms with Gasteiger partial charge in [-0.05, 0) is 12.7 Å². The first kappa shape index (κ1) is 11.4. The highest BCUT2D eigenvalue weighted by atomic mass is 32.2. The third-order valence-electron chi connectivity index (χ3n) is 1.60. The molecule has 7 heteroatoms. The zero-order valence-corrected chi connectivity index (χ0v) is 8.61. The summed E-state index contributed by atoms with van der Waals surface area (Å²) in [6.07, 6.45) is -2.12. The molecule has 0 fully saturated rings. The molecular weight excluding hydrogens is 215 g/mol. The predicted octanol–water partition coefficient (Wildman–Crippen LogP) is 2.43. The molecule has 0 aliphatic heterocycles. The molecular formula is C7H10F3N3S. The van der Waals surface area contributed by atoms with E-state index in [1.165, 1.54) is 0 Å². The average Bonchev–Trinajstić information content (AvgIpc) is 2.47. The molecule has 0 spiro atoms. The van der Waals surface area contributed by atoms with Gasteiger partial charge in [0.25, 0.3) is 0 Å². The lowest BCUT2D eigenvalue weighted by Crippen LogP contribution is -2.15. The van der Waals surface area contributed by atoms with Gasteiger partial charge < -0.3 is 0 Å². The number of alkyl halides is 3. The van der Waals surface area contributed by atoms with Crippen molar-refractivity contribution in [1.82, 2.24) is 14.8 Å². The van der Waals surface area contributed by atoms with Crippen LogP contribution >= 0.6 is 11.8 Å². The Balaban J connectivity index is 3.10. The van der Waals surface area contributed by atoms with Gasteiger partial charge in [-0.25, -0.2) is 0 Å². The van der Waals surface area contributed by atoms with Crippen molar-refractivity contribution in [3.63, 3.8) is 0 Å². The van der Waals surface area contributed by atoms with Crippen LogP contribution in [0.3, 0.4) is 0 Å². The number of aromatic nitrogens is 3. The summed E-state index contributed by atoms with van der Waals surface area (Å²) in [4.78, 5) is 0. The van der Waals surface area contributed by atoms with Gasteiger partial charge in [0, 0.05) is 6.54 Å². The maximum atomic E-state index is 12.4. The van der Waals surface area contributed by atoms with Crippen molar-refractivity contribution in [2.24, 2.45) is 0 Å². The maximum absolute atomic E-state index is 12.4. The lowest BCUT2D eigenvalue weighted by atomic mass is 10.4. The van der Waals surface area contributed by atoms with E-state index in [-0.39, 0.29) is 6.54 Å². The van der Waals surface area contributed by atoms with E-state index in [2.05, 4.69) is 10.2 Å². The van der Waals surface area contributed by atoms with Gasteiger partial charge in [-0.15, -0.1) is 10.2 Å². The van der Waals surface area contributed by atoms with E-state index in [0.29, 0.717) is 11.6 Å². The first-order chi connectivity index (χ1) is 6.50. The van der Waals surface area contributed by atoms with Crippen molar-refractivity contribution in [3.8, 4) is 0 Å². The first-order valence-electron chi connectivity index (χ1n) is 4.05. The summed E-state index contributed by atoms with van der Waals surface area (Å²) >= 11 is 1.16. The molecule has 0 aliphatic carbocycles. The van der Waals surface area contributed by atoms with Crippen LogP contribution in [-0.4, -0.2) is 21.0 Å². The number of hydrogen-bond acceptors (Lipinski definition) is 3. The molecule has 0 radical (unpaired) electrons. The number of nitrogens with zero attached hydrogens (tertiary/aromatic N) is 3. The van der Waals surface area contributed by atoms with E-state index >= 15 is 0 Å². The van der Waals surface area contributed by atoms with Crippen molar-refractivity contribution in [2.45, 2.75) is 31.2 Å². The minimum absolute atomic E-state index is 0.290. The standard InChI is InChI=1S/C7H10F3N3S/c1-3-4-13-5(7(8,9)10)11-12-6(13)14-2/h3-4H2,1-2H3. The van der Waals surface area contributed by atoms with Crippen LogP contribution in [0, 0.1) is 0 Å². The zero-order valence-electron chi connectivity index (χ0n) is 7.80. The monoisotopic (exact) mass is 225 g/mol. The third-order valence-corrected chi connectivity index (χ3v) is 2.27. The molecule has 0 unspecified atom stereocenters. The van der Waals surface area contributed by atoms with Crippen molar-refractivity contribution in [2.75, 3.05) is 6.26 Å². The number of hydrogen-bond donors (Lipinski definition) is 0. The summed E-state index contributed by atoms with van der Waals surface area (Å²) in [5, 5.41) is 6.92. The predicted molar refractivity (Wildman–Crippen MR) is 47.1 cm³/mol. The Bertz CT molecular complexity index is 308. The molecule has 0 atom stereocenters. The van der Waals surface area contributed by atoms with E-state index < -0.39 is 12.0 Å². The largest absolute Gasteiger partial charge is 0.451 e. The third kappa shape index (κ3) is 2.20. The summed E-state index contributed by atoms with van der Waals surface area (Å²) < 4.78 is 38.3. The highest BCUT2D eigenvalue weighted by Gasteiger charge is 2.38. The summed E-state index contributed by atoms with van der Waals surface area (Å²) in [6.45, 7) is 2.10. The molecule has 0 bridgehead atoms. The van der Waals surface area contributed by atoms with Crippen molar-refractivity contribution in [1.29, 1.82) is 0 Å². The second-order valence-corrected chi connectivity index (χ2v) is 3.43. The van der Waals surface area contributed by atoms with Gasteiger partial charge >= 0.3 is 6.18 Å². The summed E-state index contributed by atoms with van der Waals surface area (Å²) in [5.74, 6) is -0.913. The Hall–Kier alpha value is -0.720. The highest BCUT2D eigenvalue weighted by Crippen LogP contribution is 2.29. The molecule has 80 valence electrons. The van der Waals surface area contributed by atoms with Crippen LogP contribution in [0.25, 0.3) is 0 Å². The van der Waals surface area contributed by atoms with Crippen LogP contribution in [0.5, 0.6) is 0 Å². The lowest BCUT2D eigenvalue weighted by molar-refractivity contribution is -0.147. The summed E-state index contributed by atoms with van der Waals surface area (Å²) in [6, 6.07) is 0. The van der Waals surface area contributed by atoms with Crippen LogP contribution in [-0.2, 0) is 12.7 Å². The van der Waals surface area contributed by atoms with Crippen LogP contribution in [0.4, 0.5) is 13.2 Å². The Morgan fingerprint density at radius 1 is 1.36 bits per heavy atom. The van der Waals surface area contributed by atoms with Crippen LogP contribution in [0.1, 0.15) is 19.2 Å². The van der Waals surface area contributed by atoms with Gasteiger partial charge in [0.1, 0.15) is 0 Å². The van der Waals surface area contributed by atoms with Crippen LogP contribution < -0.4 is 0 Å². The number of thioether (sulfide) groups is 1. The van der Waals surface area contributed by atoms with E-state index in [1.54, 1.807) is 6.26 Å². The quantitative estimate of drug-likeness (QED) is 0.740. The smallest absolute Gasteiger partial charge is 0.298 e. The Morgan fingerprint density at radius 2 is 2.00 bits per heavy atom. The van der Waals surface area contributed by atoms with E-state index in [9.17, 15) is 13.2 Å². The van der Waals surface area contributed by atoms with Gasteiger partial charge in [-0.2, -0.15) is 13.2 Å². The van der Waals surface area contributed by atoms with Crippen molar-refractivity contribution < 1.29 is 13.2 Å². The van der Waals surface area contributed by atoms with Gasteiger partial charge in [0.05, 0.1) is 0 Å². The molecule has 1 aromatic heterocycles. The molecule has 1 rings (SSSR count). The molecule has 0 amide bonds. The van der Waals surface area contributed by atoms with Gasteiger partial charge in [0.2, 0.25) is 5.82 Å². The Labute approximate surface area is 83.7 Å². The van der Waals surface area contributed by atoms with Gasteiger partial charge in [0.15, 0.2) is 5.16 Å². The lowest BCUT2D eigenvalue weighted by Gasteiger charge is -2.09.